The topological polar surface area (TPSA) is 58.0 Å². The molecule has 2 aromatic heterocycles. The second kappa shape index (κ2) is 3.73. The van der Waals surface area contributed by atoms with Crippen LogP contribution in [0.1, 0.15) is 25.7 Å². The van der Waals surface area contributed by atoms with Gasteiger partial charge in [-0.15, -0.1) is 0 Å². The molecule has 0 aliphatic heterocycles. The van der Waals surface area contributed by atoms with Gasteiger partial charge >= 0.3 is 0 Å². The zero-order valence-electron chi connectivity index (χ0n) is 10.1. The van der Waals surface area contributed by atoms with Crippen LogP contribution in [0, 0.1) is 0 Å². The van der Waals surface area contributed by atoms with E-state index in [1.165, 1.54) is 25.7 Å². The van der Waals surface area contributed by atoms with E-state index in [0.29, 0.717) is 6.04 Å². The summed E-state index contributed by atoms with van der Waals surface area (Å²) in [6.07, 6.45) is 5.12. The maximum atomic E-state index is 4.50. The molecule has 1 aromatic carbocycles. The predicted molar refractivity (Wildman–Crippen MR) is 70.7 cm³/mol. The molecular formula is C13H15N5. The molecule has 0 spiro atoms. The third-order valence-corrected chi connectivity index (χ3v) is 3.67. The van der Waals surface area contributed by atoms with E-state index < -0.39 is 0 Å². The number of para-hydroxylation sites is 2. The van der Waals surface area contributed by atoms with Gasteiger partial charge in [-0.1, -0.05) is 25.0 Å². The Bertz CT molecular complexity index is 690. The predicted octanol–water partition coefficient (Wildman–Crippen LogP) is 2.57. The molecule has 1 fully saturated rings. The quantitative estimate of drug-likeness (QED) is 0.725. The van der Waals surface area contributed by atoms with Crippen molar-refractivity contribution in [3.05, 3.63) is 24.3 Å². The van der Waals surface area contributed by atoms with E-state index in [2.05, 4.69) is 20.4 Å². The summed E-state index contributed by atoms with van der Waals surface area (Å²) in [4.78, 5) is 8.99. The molecule has 1 saturated carbocycles. The molecular weight excluding hydrogens is 226 g/mol. The number of hydrogen-bond acceptors (Lipinski definition) is 3. The number of fused-ring (bicyclic) bond motifs is 3. The van der Waals surface area contributed by atoms with Crippen LogP contribution in [-0.4, -0.2) is 25.6 Å². The van der Waals surface area contributed by atoms with Gasteiger partial charge in [-0.3, -0.25) is 5.10 Å². The van der Waals surface area contributed by atoms with Crippen molar-refractivity contribution in [2.45, 2.75) is 31.7 Å². The van der Waals surface area contributed by atoms with Crippen molar-refractivity contribution in [2.24, 2.45) is 0 Å². The SMILES string of the molecule is c1ccc2c(c1)nc1nc(NC3CCCC3)[nH]n12. The minimum atomic E-state index is 0.562. The molecule has 3 aromatic rings. The summed E-state index contributed by atoms with van der Waals surface area (Å²) in [5.74, 6) is 1.56. The summed E-state index contributed by atoms with van der Waals surface area (Å²) in [5.41, 5.74) is 2.04. The van der Waals surface area contributed by atoms with E-state index in [-0.39, 0.29) is 0 Å². The van der Waals surface area contributed by atoms with Gasteiger partial charge in [0.15, 0.2) is 0 Å². The van der Waals surface area contributed by atoms with Crippen LogP contribution < -0.4 is 5.32 Å². The molecule has 0 saturated heterocycles. The summed E-state index contributed by atoms with van der Waals surface area (Å²) in [6, 6.07) is 8.62. The van der Waals surface area contributed by atoms with Crippen LogP contribution in [0.5, 0.6) is 0 Å². The molecule has 1 aliphatic rings. The zero-order chi connectivity index (χ0) is 11.9. The van der Waals surface area contributed by atoms with E-state index >= 15 is 0 Å². The number of nitrogens with zero attached hydrogens (tertiary/aromatic N) is 3. The maximum Gasteiger partial charge on any atom is 0.253 e. The van der Waals surface area contributed by atoms with Gasteiger partial charge in [-0.05, 0) is 25.0 Å². The second-order valence-corrected chi connectivity index (χ2v) is 4.93. The van der Waals surface area contributed by atoms with Crippen molar-refractivity contribution in [1.29, 1.82) is 0 Å². The van der Waals surface area contributed by atoms with Crippen LogP contribution in [0.15, 0.2) is 24.3 Å². The average Bonchev–Trinajstić information content (AvgIpc) is 3.05. The van der Waals surface area contributed by atoms with E-state index in [9.17, 15) is 0 Å². The van der Waals surface area contributed by atoms with Crippen LogP contribution in [0.2, 0.25) is 0 Å². The van der Waals surface area contributed by atoms with E-state index in [1.54, 1.807) is 0 Å². The Morgan fingerprint density at radius 1 is 1.17 bits per heavy atom. The summed E-state index contributed by atoms with van der Waals surface area (Å²) in [7, 11) is 0. The van der Waals surface area contributed by atoms with E-state index in [0.717, 1.165) is 22.8 Å². The molecule has 0 amide bonds. The molecule has 0 atom stereocenters. The first-order chi connectivity index (χ1) is 8.90. The Morgan fingerprint density at radius 3 is 2.89 bits per heavy atom. The van der Waals surface area contributed by atoms with Gasteiger partial charge in [0.05, 0.1) is 11.0 Å². The van der Waals surface area contributed by atoms with Crippen molar-refractivity contribution in [1.82, 2.24) is 19.6 Å². The van der Waals surface area contributed by atoms with Crippen molar-refractivity contribution < 1.29 is 0 Å². The van der Waals surface area contributed by atoms with Gasteiger partial charge < -0.3 is 5.32 Å². The number of rotatable bonds is 2. The summed E-state index contributed by atoms with van der Waals surface area (Å²) in [6.45, 7) is 0. The zero-order valence-corrected chi connectivity index (χ0v) is 10.1. The third kappa shape index (κ3) is 1.47. The first-order valence-electron chi connectivity index (χ1n) is 6.50. The van der Waals surface area contributed by atoms with Gasteiger partial charge in [0, 0.05) is 6.04 Å². The minimum absolute atomic E-state index is 0.562. The molecule has 5 heteroatoms. The fraction of sp³-hybridized carbons (Fsp3) is 0.385. The van der Waals surface area contributed by atoms with Gasteiger partial charge in [0.1, 0.15) is 0 Å². The van der Waals surface area contributed by atoms with Gasteiger partial charge in [0.2, 0.25) is 5.95 Å². The summed E-state index contributed by atoms with van der Waals surface area (Å²) >= 11 is 0. The second-order valence-electron chi connectivity index (χ2n) is 4.93. The largest absolute Gasteiger partial charge is 0.352 e. The number of hydrogen-bond donors (Lipinski definition) is 2. The van der Waals surface area contributed by atoms with Gasteiger partial charge in [0.25, 0.3) is 5.78 Å². The van der Waals surface area contributed by atoms with Crippen LogP contribution >= 0.6 is 0 Å². The molecule has 18 heavy (non-hydrogen) atoms. The molecule has 4 rings (SSSR count). The molecule has 0 radical (unpaired) electrons. The summed E-state index contributed by atoms with van der Waals surface area (Å²) in [5, 5.41) is 6.73. The number of aromatic nitrogens is 4. The first-order valence-corrected chi connectivity index (χ1v) is 6.50. The van der Waals surface area contributed by atoms with E-state index in [4.69, 9.17) is 0 Å². The van der Waals surface area contributed by atoms with Crippen molar-refractivity contribution in [2.75, 3.05) is 5.32 Å². The van der Waals surface area contributed by atoms with Crippen LogP contribution in [0.3, 0.4) is 0 Å². The molecule has 0 unspecified atom stereocenters. The molecule has 92 valence electrons. The Hall–Kier alpha value is -2.04. The third-order valence-electron chi connectivity index (χ3n) is 3.67. The Balaban J connectivity index is 1.74. The van der Waals surface area contributed by atoms with Crippen LogP contribution in [0.4, 0.5) is 5.95 Å². The number of anilines is 1. The standard InChI is InChI=1S/C13H15N5/c1-2-6-9(5-1)14-12-16-13-15-10-7-3-4-8-11(10)18(13)17-12/h3-4,7-9H,1-2,5-6H2,(H2,14,15,16,17). The van der Waals surface area contributed by atoms with Crippen LogP contribution in [-0.2, 0) is 0 Å². The van der Waals surface area contributed by atoms with Crippen LogP contribution in [0.25, 0.3) is 16.8 Å². The van der Waals surface area contributed by atoms with Crippen molar-refractivity contribution in [3.8, 4) is 0 Å². The lowest BCUT2D eigenvalue weighted by atomic mass is 10.3. The van der Waals surface area contributed by atoms with Crippen molar-refractivity contribution >= 4 is 22.8 Å². The molecule has 0 bridgehead atoms. The van der Waals surface area contributed by atoms with E-state index in [1.807, 2.05) is 28.8 Å². The lowest BCUT2D eigenvalue weighted by Gasteiger charge is -2.09. The normalized spacial score (nSPS) is 16.9. The lowest BCUT2D eigenvalue weighted by Crippen LogP contribution is -2.15. The highest BCUT2D eigenvalue weighted by molar-refractivity contribution is 5.79. The lowest BCUT2D eigenvalue weighted by molar-refractivity contribution is 0.744. The summed E-state index contributed by atoms with van der Waals surface area (Å²) < 4.78 is 1.94. The highest BCUT2D eigenvalue weighted by Gasteiger charge is 2.16. The first kappa shape index (κ1) is 9.94. The number of imidazole rings is 1. The number of H-pyrrole nitrogens is 1. The van der Waals surface area contributed by atoms with Crippen molar-refractivity contribution in [3.63, 3.8) is 0 Å². The Kier molecular flexibility index (Phi) is 2.06. The minimum Gasteiger partial charge on any atom is -0.352 e. The fourth-order valence-corrected chi connectivity index (χ4v) is 2.76. The number of benzene rings is 1. The Morgan fingerprint density at radius 2 is 2.00 bits per heavy atom. The highest BCUT2D eigenvalue weighted by atomic mass is 15.4. The highest BCUT2D eigenvalue weighted by Crippen LogP contribution is 2.22. The van der Waals surface area contributed by atoms with Gasteiger partial charge in [-0.2, -0.15) is 4.98 Å². The Labute approximate surface area is 104 Å². The molecule has 5 nitrogen and oxygen atoms in total. The molecule has 2 N–H and O–H groups in total. The fourth-order valence-electron chi connectivity index (χ4n) is 2.76. The number of aromatic amines is 1. The smallest absolute Gasteiger partial charge is 0.253 e. The number of nitrogens with one attached hydrogen (secondary N) is 2. The van der Waals surface area contributed by atoms with Gasteiger partial charge in [-0.25, -0.2) is 9.50 Å². The monoisotopic (exact) mass is 241 g/mol. The molecule has 2 heterocycles. The average molecular weight is 241 g/mol. The maximum absolute atomic E-state index is 4.50. The molecule has 1 aliphatic carbocycles.